The maximum atomic E-state index is 12.0. The van der Waals surface area contributed by atoms with Crippen LogP contribution in [0.25, 0.3) is 0 Å². The van der Waals surface area contributed by atoms with E-state index in [0.717, 1.165) is 51.0 Å². The summed E-state index contributed by atoms with van der Waals surface area (Å²) in [4.78, 5) is 11.7. The van der Waals surface area contributed by atoms with Crippen molar-refractivity contribution in [1.82, 2.24) is 0 Å². The molecule has 0 aliphatic heterocycles. The second-order valence-electron chi connectivity index (χ2n) is 7.77. The smallest absolute Gasteiger partial charge is 0.338 e. The topological polar surface area (TPSA) is 101 Å². The molecule has 0 heterocycles. The van der Waals surface area contributed by atoms with Gasteiger partial charge in [-0.3, -0.25) is 4.55 Å². The molecule has 0 aromatic heterocycles. The largest absolute Gasteiger partial charge is 0.462 e. The van der Waals surface area contributed by atoms with Crippen molar-refractivity contribution < 1.29 is 27.6 Å². The number of benzene rings is 1. The van der Waals surface area contributed by atoms with E-state index in [4.69, 9.17) is 9.29 Å². The molecule has 2 bridgehead atoms. The van der Waals surface area contributed by atoms with Crippen LogP contribution in [0.4, 0.5) is 0 Å². The first-order chi connectivity index (χ1) is 12.3. The molecule has 3 atom stereocenters. The lowest BCUT2D eigenvalue weighted by Gasteiger charge is -2.45. The predicted octanol–water partition coefficient (Wildman–Crippen LogP) is 3.20. The van der Waals surface area contributed by atoms with Gasteiger partial charge in [-0.25, -0.2) is 4.79 Å². The van der Waals surface area contributed by atoms with E-state index in [9.17, 15) is 18.3 Å². The molecule has 0 saturated heterocycles. The van der Waals surface area contributed by atoms with E-state index in [1.54, 1.807) is 0 Å². The highest BCUT2D eigenvalue weighted by molar-refractivity contribution is 7.85. The van der Waals surface area contributed by atoms with Crippen molar-refractivity contribution in [2.45, 2.75) is 61.9 Å². The Hall–Kier alpha value is -1.44. The third-order valence-electron chi connectivity index (χ3n) is 5.62. The summed E-state index contributed by atoms with van der Waals surface area (Å²) >= 11 is 0. The van der Waals surface area contributed by atoms with Crippen molar-refractivity contribution in [3.05, 3.63) is 29.8 Å². The molecule has 3 unspecified atom stereocenters. The van der Waals surface area contributed by atoms with Crippen LogP contribution in [0.1, 0.15) is 61.7 Å². The highest BCUT2D eigenvalue weighted by Gasteiger charge is 2.41. The van der Waals surface area contributed by atoms with Crippen LogP contribution in [-0.4, -0.2) is 36.3 Å². The third-order valence-corrected chi connectivity index (χ3v) is 6.47. The first-order valence-electron chi connectivity index (χ1n) is 9.22. The highest BCUT2D eigenvalue weighted by Crippen LogP contribution is 2.46. The number of fused-ring (bicyclic) bond motifs is 2. The first kappa shape index (κ1) is 19.3. The van der Waals surface area contributed by atoms with E-state index in [2.05, 4.69) is 0 Å². The monoisotopic (exact) mass is 382 g/mol. The Morgan fingerprint density at radius 2 is 2.12 bits per heavy atom. The molecular formula is C19H26O6S. The molecule has 2 aliphatic carbocycles. The Bertz CT molecular complexity index is 759. The molecule has 0 spiro atoms. The zero-order chi connectivity index (χ0) is 18.8. The number of carbonyl (C=O) groups excluding carboxylic acids is 1. The fourth-order valence-corrected chi connectivity index (χ4v) is 5.09. The fourth-order valence-electron chi connectivity index (χ4n) is 4.56. The molecule has 3 rings (SSSR count). The van der Waals surface area contributed by atoms with Crippen LogP contribution in [-0.2, 0) is 14.9 Å². The fraction of sp³-hybridized carbons (Fsp3) is 0.632. The molecule has 7 heteroatoms. The summed E-state index contributed by atoms with van der Waals surface area (Å²) in [6, 6.07) is 5.17. The lowest BCUT2D eigenvalue weighted by atomic mass is 9.64. The molecule has 6 nitrogen and oxygen atoms in total. The lowest BCUT2D eigenvalue weighted by Crippen LogP contribution is -2.42. The van der Waals surface area contributed by atoms with E-state index in [-0.39, 0.29) is 17.1 Å². The summed E-state index contributed by atoms with van der Waals surface area (Å²) in [5, 5.41) is 10.6. The van der Waals surface area contributed by atoms with Gasteiger partial charge in [-0.2, -0.15) is 8.42 Å². The molecule has 2 N–H and O–H groups in total. The predicted molar refractivity (Wildman–Crippen MR) is 95.4 cm³/mol. The van der Waals surface area contributed by atoms with Crippen molar-refractivity contribution in [2.75, 3.05) is 6.61 Å². The highest BCUT2D eigenvalue weighted by atomic mass is 32.2. The molecule has 0 radical (unpaired) electrons. The first-order valence-corrected chi connectivity index (χ1v) is 10.7. The van der Waals surface area contributed by atoms with Gasteiger partial charge in [0.15, 0.2) is 0 Å². The normalized spacial score (nSPS) is 28.5. The second-order valence-corrected chi connectivity index (χ2v) is 9.20. The van der Waals surface area contributed by atoms with Gasteiger partial charge in [0.1, 0.15) is 0 Å². The Morgan fingerprint density at radius 3 is 2.85 bits per heavy atom. The number of carbonyl (C=O) groups is 1. The lowest BCUT2D eigenvalue weighted by molar-refractivity contribution is -0.0690. The van der Waals surface area contributed by atoms with Gasteiger partial charge in [0.2, 0.25) is 0 Å². The molecule has 0 amide bonds. The second kappa shape index (κ2) is 7.66. The molecule has 2 saturated carbocycles. The van der Waals surface area contributed by atoms with Crippen molar-refractivity contribution in [3.63, 3.8) is 0 Å². The van der Waals surface area contributed by atoms with Gasteiger partial charge in [-0.15, -0.1) is 0 Å². The SMILES string of the molecule is O=C(OCCCC1CC2CCCC(O)(C1)C2)c1cccc(S(=O)(=O)O)c1. The summed E-state index contributed by atoms with van der Waals surface area (Å²) < 4.78 is 36.5. The van der Waals surface area contributed by atoms with E-state index >= 15 is 0 Å². The van der Waals surface area contributed by atoms with Gasteiger partial charge in [0.25, 0.3) is 10.1 Å². The molecular weight excluding hydrogens is 356 g/mol. The summed E-state index contributed by atoms with van der Waals surface area (Å²) in [6.45, 7) is 0.258. The van der Waals surface area contributed by atoms with E-state index in [1.165, 1.54) is 24.6 Å². The number of esters is 1. The molecule has 1 aromatic rings. The summed E-state index contributed by atoms with van der Waals surface area (Å²) in [5.41, 5.74) is -0.389. The quantitative estimate of drug-likeness (QED) is 0.445. The average Bonchev–Trinajstić information content (AvgIpc) is 2.57. The zero-order valence-electron chi connectivity index (χ0n) is 14.8. The molecule has 2 aliphatic rings. The summed E-state index contributed by atoms with van der Waals surface area (Å²) in [5.74, 6) is 0.494. The number of rotatable bonds is 6. The minimum absolute atomic E-state index is 0.0987. The van der Waals surface area contributed by atoms with Gasteiger partial charge in [-0.05, 0) is 68.6 Å². The number of hydrogen-bond donors (Lipinski definition) is 2. The number of hydrogen-bond acceptors (Lipinski definition) is 5. The Labute approximate surface area is 154 Å². The zero-order valence-corrected chi connectivity index (χ0v) is 15.6. The van der Waals surface area contributed by atoms with Crippen LogP contribution < -0.4 is 0 Å². The Kier molecular flexibility index (Phi) is 5.69. The molecule has 1 aromatic carbocycles. The summed E-state index contributed by atoms with van der Waals surface area (Å²) in [7, 11) is -4.34. The van der Waals surface area contributed by atoms with E-state index in [1.807, 2.05) is 0 Å². The minimum Gasteiger partial charge on any atom is -0.462 e. The van der Waals surface area contributed by atoms with Gasteiger partial charge in [0.05, 0.1) is 22.7 Å². The van der Waals surface area contributed by atoms with E-state index in [0.29, 0.717) is 11.8 Å². The van der Waals surface area contributed by atoms with Gasteiger partial charge in [0, 0.05) is 0 Å². The van der Waals surface area contributed by atoms with Crippen molar-refractivity contribution in [2.24, 2.45) is 11.8 Å². The van der Waals surface area contributed by atoms with Crippen LogP contribution in [0.5, 0.6) is 0 Å². The van der Waals surface area contributed by atoms with Crippen LogP contribution >= 0.6 is 0 Å². The van der Waals surface area contributed by atoms with Crippen molar-refractivity contribution in [3.8, 4) is 0 Å². The van der Waals surface area contributed by atoms with Gasteiger partial charge < -0.3 is 9.84 Å². The summed E-state index contributed by atoms with van der Waals surface area (Å²) in [6.07, 6.45) is 7.78. The maximum absolute atomic E-state index is 12.0. The van der Waals surface area contributed by atoms with Crippen LogP contribution in [0.2, 0.25) is 0 Å². The van der Waals surface area contributed by atoms with Crippen LogP contribution in [0.3, 0.4) is 0 Å². The number of aliphatic hydroxyl groups is 1. The number of ether oxygens (including phenoxy) is 1. The average molecular weight is 382 g/mol. The minimum atomic E-state index is -4.34. The maximum Gasteiger partial charge on any atom is 0.338 e. The van der Waals surface area contributed by atoms with E-state index < -0.39 is 21.7 Å². The van der Waals surface area contributed by atoms with Crippen LogP contribution in [0, 0.1) is 11.8 Å². The molecule has 26 heavy (non-hydrogen) atoms. The van der Waals surface area contributed by atoms with Crippen LogP contribution in [0.15, 0.2) is 29.2 Å². The third kappa shape index (κ3) is 4.84. The van der Waals surface area contributed by atoms with Crippen molar-refractivity contribution in [1.29, 1.82) is 0 Å². The standard InChI is InChI=1S/C19H26O6S/c20-18(16-6-1-7-17(11-16)26(22,23)24)25-9-3-5-15-10-14-4-2-8-19(21,12-14)13-15/h1,6-7,11,14-15,21H,2-5,8-10,12-13H2,(H,22,23,24). The molecule has 144 valence electrons. The van der Waals surface area contributed by atoms with Gasteiger partial charge in [-0.1, -0.05) is 18.9 Å². The Morgan fingerprint density at radius 1 is 1.31 bits per heavy atom. The molecule has 2 fully saturated rings. The van der Waals surface area contributed by atoms with Crippen molar-refractivity contribution >= 4 is 16.1 Å². The van der Waals surface area contributed by atoms with Gasteiger partial charge >= 0.3 is 5.97 Å². The Balaban J connectivity index is 1.46.